The lowest BCUT2D eigenvalue weighted by molar-refractivity contribution is -0.00526. The average molecular weight is 965 g/mol. The van der Waals surface area contributed by atoms with E-state index in [1.54, 1.807) is 11.1 Å². The van der Waals surface area contributed by atoms with Crippen molar-refractivity contribution in [2.75, 3.05) is 4.81 Å². The Morgan fingerprint density at radius 2 is 0.947 bits per heavy atom. The molecule has 3 heteroatoms. The predicted octanol–water partition coefficient (Wildman–Crippen LogP) is 15.9. The van der Waals surface area contributed by atoms with Crippen LogP contribution < -0.4 is 15.7 Å². The number of hydrogen-bond donors (Lipinski definition) is 0. The van der Waals surface area contributed by atoms with Crippen LogP contribution in [0, 0.1) is 35.5 Å². The van der Waals surface area contributed by atoms with Crippen LogP contribution in [0.15, 0.2) is 152 Å². The van der Waals surface area contributed by atoms with Gasteiger partial charge < -0.3 is 9.38 Å². The Morgan fingerprint density at radius 3 is 1.59 bits per heavy atom. The van der Waals surface area contributed by atoms with Crippen molar-refractivity contribution < 1.29 is 0 Å². The molecule has 0 radical (unpaired) electrons. The quantitative estimate of drug-likeness (QED) is 0.157. The molecule has 4 heterocycles. The van der Waals surface area contributed by atoms with E-state index >= 15 is 0 Å². The van der Waals surface area contributed by atoms with Crippen LogP contribution >= 0.6 is 0 Å². The fourth-order valence-electron chi connectivity index (χ4n) is 21.9. The number of hydrogen-bond acceptors (Lipinski definition) is 1. The standard InChI is InChI=1S/C72H61BN2/c1-69(2)56-16-6-3-14-50(56)53-33-54-51-15-11-20-60-66(51)75(63-21-10-9-19-59(63)72(60)57-17-7-4-12-48(57)49-13-5-8-18-58(49)72)73-61-32-47(71-37-43-27-44(38-71)29-45(28-43)39-71)31-55-52-30-46(70-34-40-24-41(35-70)26-42(25-40)36-70)22-23-62(52)74(67(55)61)68(64(53)69)65(54)73/h3-23,30-33,40-45H,24-29,34-39H2,1-2H3. The summed E-state index contributed by atoms with van der Waals surface area (Å²) in [6.07, 6.45) is 17.1. The van der Waals surface area contributed by atoms with Crippen molar-refractivity contribution in [3.63, 3.8) is 0 Å². The first-order chi connectivity index (χ1) is 36.8. The summed E-state index contributed by atoms with van der Waals surface area (Å²) < 4.78 is 2.89. The summed E-state index contributed by atoms with van der Waals surface area (Å²) in [7, 11) is 0. The van der Waals surface area contributed by atoms with Crippen molar-refractivity contribution in [1.29, 1.82) is 0 Å². The Balaban J connectivity index is 0.951. The van der Waals surface area contributed by atoms with Crippen molar-refractivity contribution in [3.05, 3.63) is 196 Å². The van der Waals surface area contributed by atoms with Crippen molar-refractivity contribution in [2.45, 2.75) is 113 Å². The summed E-state index contributed by atoms with van der Waals surface area (Å²) in [4.78, 5) is 2.93. The fraction of sp³-hybridized carbons (Fsp3) is 0.333. The Labute approximate surface area is 441 Å². The van der Waals surface area contributed by atoms with Gasteiger partial charge in [0, 0.05) is 38.8 Å². The summed E-state index contributed by atoms with van der Waals surface area (Å²) in [6, 6.07) is 61.9. The van der Waals surface area contributed by atoms with Gasteiger partial charge in [-0.3, -0.25) is 0 Å². The number of fused-ring (bicyclic) bond motifs is 20. The van der Waals surface area contributed by atoms with Gasteiger partial charge in [-0.2, -0.15) is 0 Å². The molecule has 10 aliphatic carbocycles. The topological polar surface area (TPSA) is 8.17 Å². The normalized spacial score (nSPS) is 29.6. The molecule has 1 spiro atoms. The summed E-state index contributed by atoms with van der Waals surface area (Å²) in [5, 5.41) is 3.04. The molecule has 22 rings (SSSR count). The van der Waals surface area contributed by atoms with Gasteiger partial charge in [0.1, 0.15) is 0 Å². The lowest BCUT2D eigenvalue weighted by Crippen LogP contribution is -2.63. The minimum atomic E-state index is -0.467. The highest BCUT2D eigenvalue weighted by Gasteiger charge is 2.59. The van der Waals surface area contributed by atoms with Gasteiger partial charge in [-0.05, 0) is 237 Å². The number of aromatic nitrogens is 1. The SMILES string of the molecule is CC1(C)c2ccccc2-c2cc3c4c(c21)-n1c2ccc(C56CC7CC(CC(C7)C5)C6)cc2c2cc(C56CC7CC(CC(C7)C5)C6)cc(c21)B4N1c2ccccc2C2(c4ccccc4-c4ccccc42)c2cccc-3c21. The molecule has 9 aromatic rings. The van der Waals surface area contributed by atoms with Crippen molar-refractivity contribution >= 4 is 51.0 Å². The second-order valence-corrected chi connectivity index (χ2v) is 27.5. The fourth-order valence-corrected chi connectivity index (χ4v) is 21.9. The van der Waals surface area contributed by atoms with Gasteiger partial charge in [0.25, 0.3) is 0 Å². The van der Waals surface area contributed by atoms with Crippen LogP contribution in [-0.2, 0) is 21.7 Å². The zero-order valence-electron chi connectivity index (χ0n) is 43.4. The first-order valence-electron chi connectivity index (χ1n) is 29.4. The van der Waals surface area contributed by atoms with Crippen molar-refractivity contribution in [2.24, 2.45) is 35.5 Å². The minimum Gasteiger partial charge on any atom is -0.376 e. The maximum absolute atomic E-state index is 2.93. The highest BCUT2D eigenvalue weighted by Crippen LogP contribution is 2.67. The van der Waals surface area contributed by atoms with Gasteiger partial charge in [-0.15, -0.1) is 0 Å². The summed E-state index contributed by atoms with van der Waals surface area (Å²) in [5.41, 5.74) is 30.3. The first-order valence-corrected chi connectivity index (χ1v) is 29.4. The highest BCUT2D eigenvalue weighted by atomic mass is 15.1. The summed E-state index contributed by atoms with van der Waals surface area (Å²) in [6.45, 7) is 5.06. The van der Waals surface area contributed by atoms with E-state index in [4.69, 9.17) is 0 Å². The third-order valence-electron chi connectivity index (χ3n) is 23.6. The molecular weight excluding hydrogens is 904 g/mol. The lowest BCUT2D eigenvalue weighted by atomic mass is 9.41. The molecule has 2 nitrogen and oxygen atoms in total. The van der Waals surface area contributed by atoms with Crippen molar-refractivity contribution in [1.82, 2.24) is 4.57 Å². The lowest BCUT2D eigenvalue weighted by Gasteiger charge is -2.57. The molecule has 8 fully saturated rings. The number of para-hydroxylation sites is 2. The molecule has 8 saturated carbocycles. The van der Waals surface area contributed by atoms with Crippen LogP contribution in [0.1, 0.15) is 135 Å². The molecule has 0 saturated heterocycles. The molecule has 0 amide bonds. The molecule has 8 bridgehead atoms. The maximum Gasteiger partial charge on any atom is 0.333 e. The van der Waals surface area contributed by atoms with Crippen LogP contribution in [0.2, 0.25) is 0 Å². The van der Waals surface area contributed by atoms with E-state index in [1.807, 2.05) is 0 Å². The molecule has 0 unspecified atom stereocenters. The number of rotatable bonds is 2. The molecule has 1 aromatic heterocycles. The van der Waals surface area contributed by atoms with Crippen LogP contribution in [0.4, 0.5) is 11.4 Å². The van der Waals surface area contributed by atoms with E-state index in [9.17, 15) is 0 Å². The second-order valence-electron chi connectivity index (χ2n) is 27.5. The van der Waals surface area contributed by atoms with Gasteiger partial charge in [0.15, 0.2) is 0 Å². The van der Waals surface area contributed by atoms with E-state index in [0.717, 1.165) is 35.5 Å². The van der Waals surface area contributed by atoms with E-state index in [2.05, 4.69) is 175 Å². The Bertz CT molecular complexity index is 4040. The smallest absolute Gasteiger partial charge is 0.333 e. The monoisotopic (exact) mass is 964 g/mol. The zero-order valence-corrected chi connectivity index (χ0v) is 43.4. The number of anilines is 2. The minimum absolute atomic E-state index is 0.0188. The van der Waals surface area contributed by atoms with Gasteiger partial charge >= 0.3 is 6.85 Å². The van der Waals surface area contributed by atoms with Crippen molar-refractivity contribution in [3.8, 4) is 39.1 Å². The molecule has 3 aliphatic heterocycles. The zero-order chi connectivity index (χ0) is 48.6. The molecule has 8 aromatic carbocycles. The molecule has 75 heavy (non-hydrogen) atoms. The molecule has 0 N–H and O–H groups in total. The van der Waals surface area contributed by atoms with E-state index in [0.29, 0.717) is 5.41 Å². The maximum atomic E-state index is 2.93. The molecular formula is C72H61BN2. The third-order valence-corrected chi connectivity index (χ3v) is 23.6. The van der Waals surface area contributed by atoms with Crippen LogP contribution in [0.3, 0.4) is 0 Å². The average Bonchev–Trinajstić information content (AvgIpc) is 4.09. The molecule has 13 aliphatic rings. The summed E-state index contributed by atoms with van der Waals surface area (Å²) in [5.74, 6) is 5.35. The Morgan fingerprint density at radius 1 is 0.427 bits per heavy atom. The first kappa shape index (κ1) is 40.7. The Hall–Kier alpha value is -6.58. The van der Waals surface area contributed by atoms with Gasteiger partial charge in [0.2, 0.25) is 0 Å². The van der Waals surface area contributed by atoms with Gasteiger partial charge in [0.05, 0.1) is 16.4 Å². The highest BCUT2D eigenvalue weighted by molar-refractivity contribution is 6.94. The van der Waals surface area contributed by atoms with Crippen LogP contribution in [0.5, 0.6) is 0 Å². The van der Waals surface area contributed by atoms with E-state index < -0.39 is 5.41 Å². The predicted molar refractivity (Wildman–Crippen MR) is 308 cm³/mol. The van der Waals surface area contributed by atoms with Gasteiger partial charge in [-0.1, -0.05) is 135 Å². The molecule has 362 valence electrons. The van der Waals surface area contributed by atoms with Gasteiger partial charge in [-0.25, -0.2) is 0 Å². The van der Waals surface area contributed by atoms with E-state index in [1.165, 1.54) is 194 Å². The summed E-state index contributed by atoms with van der Waals surface area (Å²) >= 11 is 0. The third kappa shape index (κ3) is 4.60. The largest absolute Gasteiger partial charge is 0.376 e. The molecule has 0 atom stereocenters. The second kappa shape index (κ2) is 13.1. The number of nitrogens with zero attached hydrogens (tertiary/aromatic N) is 2. The number of benzene rings is 8. The van der Waals surface area contributed by atoms with Crippen LogP contribution in [-0.4, -0.2) is 11.4 Å². The van der Waals surface area contributed by atoms with Crippen LogP contribution in [0.25, 0.3) is 60.9 Å². The Kier molecular flexibility index (Phi) is 7.13. The van der Waals surface area contributed by atoms with E-state index in [-0.39, 0.29) is 17.7 Å².